The molecule has 0 radical (unpaired) electrons. The average Bonchev–Trinajstić information content (AvgIpc) is 3.07. The number of hydrogen-bond acceptors (Lipinski definition) is 6. The number of alkyl halides is 4. The third kappa shape index (κ3) is 4.54. The number of pyridine rings is 1. The molecule has 0 bridgehead atoms. The molecule has 2 atom stereocenters. The van der Waals surface area contributed by atoms with Crippen LogP contribution in [0.2, 0.25) is 0 Å². The SMILES string of the molecule is N#Cc1ccc(Cn2c(N3CC[C@@H](F)[C@H](N)C3)nc3cc(OC(F)(F)F)ccc32)nc1. The Kier molecular flexibility index (Phi) is 5.41. The van der Waals surface area contributed by atoms with Crippen LogP contribution >= 0.6 is 0 Å². The Morgan fingerprint density at radius 2 is 2.06 bits per heavy atom. The maximum absolute atomic E-state index is 13.9. The topological polar surface area (TPSA) is 93.0 Å². The van der Waals surface area contributed by atoms with Crippen molar-refractivity contribution in [1.29, 1.82) is 5.26 Å². The molecule has 11 heteroatoms. The zero-order valence-corrected chi connectivity index (χ0v) is 16.2. The summed E-state index contributed by atoms with van der Waals surface area (Å²) in [6, 6.07) is 8.52. The van der Waals surface area contributed by atoms with E-state index in [1.807, 2.05) is 11.0 Å². The van der Waals surface area contributed by atoms with E-state index in [9.17, 15) is 17.6 Å². The van der Waals surface area contributed by atoms with Crippen LogP contribution < -0.4 is 15.4 Å². The number of benzene rings is 1. The van der Waals surface area contributed by atoms with E-state index in [1.165, 1.54) is 24.4 Å². The summed E-state index contributed by atoms with van der Waals surface area (Å²) in [6.07, 6.45) is -4.28. The van der Waals surface area contributed by atoms with Gasteiger partial charge in [-0.15, -0.1) is 13.2 Å². The van der Waals surface area contributed by atoms with Gasteiger partial charge in [-0.3, -0.25) is 4.98 Å². The van der Waals surface area contributed by atoms with Gasteiger partial charge in [0.1, 0.15) is 18.0 Å². The first-order valence-corrected chi connectivity index (χ1v) is 9.49. The van der Waals surface area contributed by atoms with Gasteiger partial charge in [0, 0.05) is 25.4 Å². The highest BCUT2D eigenvalue weighted by molar-refractivity contribution is 5.80. The molecule has 4 rings (SSSR count). The second kappa shape index (κ2) is 8.03. The molecule has 0 amide bonds. The van der Waals surface area contributed by atoms with Crippen LogP contribution in [-0.2, 0) is 6.54 Å². The first-order chi connectivity index (χ1) is 14.7. The van der Waals surface area contributed by atoms with E-state index in [1.54, 1.807) is 16.7 Å². The molecule has 1 aliphatic rings. The molecule has 2 N–H and O–H groups in total. The summed E-state index contributed by atoms with van der Waals surface area (Å²) >= 11 is 0. The lowest BCUT2D eigenvalue weighted by Gasteiger charge is -2.34. The molecule has 1 fully saturated rings. The summed E-state index contributed by atoms with van der Waals surface area (Å²) in [5.41, 5.74) is 7.77. The number of nitrogens with zero attached hydrogens (tertiary/aromatic N) is 5. The van der Waals surface area contributed by atoms with Crippen molar-refractivity contribution in [2.75, 3.05) is 18.0 Å². The Bertz CT molecular complexity index is 1120. The van der Waals surface area contributed by atoms with Gasteiger partial charge in [-0.05, 0) is 30.7 Å². The van der Waals surface area contributed by atoms with Crippen LogP contribution in [0.1, 0.15) is 17.7 Å². The van der Waals surface area contributed by atoms with E-state index in [-0.39, 0.29) is 25.3 Å². The summed E-state index contributed by atoms with van der Waals surface area (Å²) in [7, 11) is 0. The summed E-state index contributed by atoms with van der Waals surface area (Å²) in [5, 5.41) is 8.95. The molecular formula is C20H18F4N6O. The number of ether oxygens (including phenoxy) is 1. The Hall–Kier alpha value is -3.39. The summed E-state index contributed by atoms with van der Waals surface area (Å²) in [5.74, 6) is 0.0690. The number of imidazole rings is 1. The summed E-state index contributed by atoms with van der Waals surface area (Å²) < 4.78 is 57.5. The Labute approximate surface area is 174 Å². The van der Waals surface area contributed by atoms with Gasteiger partial charge in [0.15, 0.2) is 0 Å². The maximum atomic E-state index is 13.9. The van der Waals surface area contributed by atoms with E-state index in [0.29, 0.717) is 34.8 Å². The summed E-state index contributed by atoms with van der Waals surface area (Å²) in [6.45, 7) is 0.837. The number of rotatable bonds is 4. The number of piperidine rings is 1. The highest BCUT2D eigenvalue weighted by Gasteiger charge is 2.32. The fraction of sp³-hybridized carbons (Fsp3) is 0.350. The molecule has 1 saturated heterocycles. The minimum atomic E-state index is -4.82. The fourth-order valence-electron chi connectivity index (χ4n) is 3.57. The Morgan fingerprint density at radius 1 is 1.26 bits per heavy atom. The zero-order valence-electron chi connectivity index (χ0n) is 16.2. The first kappa shape index (κ1) is 20.9. The summed E-state index contributed by atoms with van der Waals surface area (Å²) in [4.78, 5) is 10.6. The molecule has 0 unspecified atom stereocenters. The molecule has 1 aromatic carbocycles. The third-order valence-electron chi connectivity index (χ3n) is 5.06. The number of aromatic nitrogens is 3. The molecule has 2 aromatic heterocycles. The van der Waals surface area contributed by atoms with Gasteiger partial charge in [0.05, 0.1) is 34.9 Å². The van der Waals surface area contributed by atoms with Gasteiger partial charge in [0.25, 0.3) is 0 Å². The molecule has 1 aliphatic heterocycles. The van der Waals surface area contributed by atoms with Gasteiger partial charge < -0.3 is 19.9 Å². The van der Waals surface area contributed by atoms with E-state index in [2.05, 4.69) is 14.7 Å². The van der Waals surface area contributed by atoms with Crippen LogP contribution in [0.5, 0.6) is 5.75 Å². The van der Waals surface area contributed by atoms with Crippen molar-refractivity contribution in [2.45, 2.75) is 31.5 Å². The van der Waals surface area contributed by atoms with Crippen LogP contribution in [-0.4, -0.2) is 46.2 Å². The molecule has 162 valence electrons. The lowest BCUT2D eigenvalue weighted by molar-refractivity contribution is -0.274. The molecule has 0 saturated carbocycles. The second-order valence-corrected chi connectivity index (χ2v) is 7.26. The van der Waals surface area contributed by atoms with Crippen LogP contribution in [0.15, 0.2) is 36.5 Å². The minimum absolute atomic E-state index is 0.219. The molecule has 0 aliphatic carbocycles. The quantitative estimate of drug-likeness (QED) is 0.635. The molecule has 3 aromatic rings. The van der Waals surface area contributed by atoms with Crippen molar-refractivity contribution >= 4 is 17.0 Å². The van der Waals surface area contributed by atoms with Crippen molar-refractivity contribution in [3.05, 3.63) is 47.8 Å². The second-order valence-electron chi connectivity index (χ2n) is 7.26. The van der Waals surface area contributed by atoms with Gasteiger partial charge in [-0.25, -0.2) is 9.37 Å². The van der Waals surface area contributed by atoms with Gasteiger partial charge in [0.2, 0.25) is 5.95 Å². The van der Waals surface area contributed by atoms with Crippen LogP contribution in [0, 0.1) is 11.3 Å². The van der Waals surface area contributed by atoms with Crippen molar-refractivity contribution in [2.24, 2.45) is 5.73 Å². The van der Waals surface area contributed by atoms with Crippen molar-refractivity contribution in [1.82, 2.24) is 14.5 Å². The molecule has 31 heavy (non-hydrogen) atoms. The smallest absolute Gasteiger partial charge is 0.406 e. The monoisotopic (exact) mass is 434 g/mol. The van der Waals surface area contributed by atoms with Gasteiger partial charge in [-0.2, -0.15) is 5.26 Å². The number of fused-ring (bicyclic) bond motifs is 1. The van der Waals surface area contributed by atoms with Crippen LogP contribution in [0.3, 0.4) is 0 Å². The lowest BCUT2D eigenvalue weighted by Crippen LogP contribution is -2.50. The standard InChI is InChI=1S/C20H18F4N6O/c21-15-5-6-29(11-16(15)26)19-28-17-7-14(31-20(22,23)24)3-4-18(17)30(19)10-13-2-1-12(8-25)9-27-13/h1-4,7,9,15-16H,5-6,10-11,26H2/t15-,16-/m1/s1. The van der Waals surface area contributed by atoms with Gasteiger partial charge >= 0.3 is 6.36 Å². The molecule has 7 nitrogen and oxygen atoms in total. The highest BCUT2D eigenvalue weighted by Crippen LogP contribution is 2.31. The van der Waals surface area contributed by atoms with E-state index in [0.717, 1.165) is 0 Å². The van der Waals surface area contributed by atoms with Crippen LogP contribution in [0.25, 0.3) is 11.0 Å². The van der Waals surface area contributed by atoms with Crippen molar-refractivity contribution in [3.8, 4) is 11.8 Å². The number of anilines is 1. The first-order valence-electron chi connectivity index (χ1n) is 9.49. The Morgan fingerprint density at radius 3 is 2.71 bits per heavy atom. The van der Waals surface area contributed by atoms with E-state index < -0.39 is 18.6 Å². The third-order valence-corrected chi connectivity index (χ3v) is 5.06. The molecular weight excluding hydrogens is 416 g/mol. The van der Waals surface area contributed by atoms with E-state index >= 15 is 0 Å². The minimum Gasteiger partial charge on any atom is -0.406 e. The number of nitrogens with two attached hydrogens (primary N) is 1. The maximum Gasteiger partial charge on any atom is 0.573 e. The molecule has 3 heterocycles. The average molecular weight is 434 g/mol. The van der Waals surface area contributed by atoms with Crippen molar-refractivity contribution in [3.63, 3.8) is 0 Å². The Balaban J connectivity index is 1.75. The van der Waals surface area contributed by atoms with Crippen molar-refractivity contribution < 1.29 is 22.3 Å². The van der Waals surface area contributed by atoms with Gasteiger partial charge in [-0.1, -0.05) is 0 Å². The largest absolute Gasteiger partial charge is 0.573 e. The van der Waals surface area contributed by atoms with Crippen LogP contribution in [0.4, 0.5) is 23.5 Å². The zero-order chi connectivity index (χ0) is 22.2. The fourth-order valence-corrected chi connectivity index (χ4v) is 3.57. The normalized spacial score (nSPS) is 19.4. The predicted octanol–water partition coefficient (Wildman–Crippen LogP) is 3.13. The number of nitriles is 1. The lowest BCUT2D eigenvalue weighted by atomic mass is 10.1. The molecule has 0 spiro atoms. The predicted molar refractivity (Wildman–Crippen MR) is 104 cm³/mol. The number of halogens is 4. The highest BCUT2D eigenvalue weighted by atomic mass is 19.4. The number of hydrogen-bond donors (Lipinski definition) is 1. The van der Waals surface area contributed by atoms with E-state index in [4.69, 9.17) is 11.0 Å².